The molecule has 0 bridgehead atoms. The van der Waals surface area contributed by atoms with Gasteiger partial charge in [-0.1, -0.05) is 30.3 Å². The molecule has 3 rings (SSSR count). The zero-order valence-electron chi connectivity index (χ0n) is 12.7. The summed E-state index contributed by atoms with van der Waals surface area (Å²) in [5, 5.41) is 12.2. The van der Waals surface area contributed by atoms with Gasteiger partial charge in [0.05, 0.1) is 13.2 Å². The van der Waals surface area contributed by atoms with Gasteiger partial charge in [-0.15, -0.1) is 0 Å². The number of fused-ring (bicyclic) bond motifs is 1. The van der Waals surface area contributed by atoms with Gasteiger partial charge in [0.25, 0.3) is 0 Å². The third kappa shape index (κ3) is 3.55. The van der Waals surface area contributed by atoms with Crippen molar-refractivity contribution >= 4 is 11.7 Å². The first kappa shape index (κ1) is 15.2. The molecule has 2 heterocycles. The molecule has 116 valence electrons. The van der Waals surface area contributed by atoms with E-state index >= 15 is 0 Å². The second-order valence-corrected chi connectivity index (χ2v) is 5.43. The number of aryl methyl sites for hydroxylation is 1. The van der Waals surface area contributed by atoms with Gasteiger partial charge < -0.3 is 10.1 Å². The molecule has 0 atom stereocenters. The summed E-state index contributed by atoms with van der Waals surface area (Å²) < 4.78 is 5.41. The molecule has 0 radical (unpaired) electrons. The average Bonchev–Trinajstić information content (AvgIpc) is 2.60. The maximum absolute atomic E-state index is 12.1. The Hall–Kier alpha value is -2.71. The largest absolute Gasteiger partial charge is 0.376 e. The summed E-state index contributed by atoms with van der Waals surface area (Å²) in [5.41, 5.74) is 3.38. The minimum Gasteiger partial charge on any atom is -0.376 e. The highest BCUT2D eigenvalue weighted by molar-refractivity contribution is 5.91. The van der Waals surface area contributed by atoms with Crippen molar-refractivity contribution in [1.82, 2.24) is 4.98 Å². The lowest BCUT2D eigenvalue weighted by Gasteiger charge is -2.18. The molecule has 0 saturated heterocycles. The normalized spacial score (nSPS) is 13.0. The lowest BCUT2D eigenvalue weighted by molar-refractivity contribution is -0.116. The van der Waals surface area contributed by atoms with E-state index in [1.54, 1.807) is 6.20 Å². The number of nitriles is 1. The fraction of sp³-hybridized carbons (Fsp3) is 0.278. The standard InChI is InChI=1S/C18H17N3O2/c19-10-15-16-12-23-9-8-14(16)11-20-18(15)21-17(22)7-6-13-4-2-1-3-5-13/h1-5,11H,6-9,12H2,(H,20,21,22). The zero-order valence-corrected chi connectivity index (χ0v) is 12.7. The molecule has 23 heavy (non-hydrogen) atoms. The maximum Gasteiger partial charge on any atom is 0.225 e. The van der Waals surface area contributed by atoms with Crippen molar-refractivity contribution < 1.29 is 9.53 Å². The summed E-state index contributed by atoms with van der Waals surface area (Å²) in [7, 11) is 0. The number of amides is 1. The number of hydrogen-bond donors (Lipinski definition) is 1. The van der Waals surface area contributed by atoms with E-state index in [1.165, 1.54) is 0 Å². The molecule has 0 fully saturated rings. The number of hydrogen-bond acceptors (Lipinski definition) is 4. The van der Waals surface area contributed by atoms with Crippen LogP contribution in [0.1, 0.15) is 28.7 Å². The first-order valence-corrected chi connectivity index (χ1v) is 7.60. The number of nitrogens with zero attached hydrogens (tertiary/aromatic N) is 2. The van der Waals surface area contributed by atoms with E-state index in [4.69, 9.17) is 4.74 Å². The minimum absolute atomic E-state index is 0.144. The summed E-state index contributed by atoms with van der Waals surface area (Å²) in [6, 6.07) is 12.0. The van der Waals surface area contributed by atoms with Gasteiger partial charge in [-0.3, -0.25) is 4.79 Å². The van der Waals surface area contributed by atoms with Crippen LogP contribution >= 0.6 is 0 Å². The van der Waals surface area contributed by atoms with Crippen molar-refractivity contribution in [2.75, 3.05) is 11.9 Å². The van der Waals surface area contributed by atoms with Gasteiger partial charge in [-0.05, 0) is 24.0 Å². The average molecular weight is 307 g/mol. The van der Waals surface area contributed by atoms with E-state index in [1.807, 2.05) is 30.3 Å². The van der Waals surface area contributed by atoms with Gasteiger partial charge >= 0.3 is 0 Å². The predicted molar refractivity (Wildman–Crippen MR) is 85.7 cm³/mol. The third-order valence-electron chi connectivity index (χ3n) is 3.89. The number of benzene rings is 1. The number of carbonyl (C=O) groups excluding carboxylic acids is 1. The molecule has 1 aliphatic rings. The Kier molecular flexibility index (Phi) is 4.65. The van der Waals surface area contributed by atoms with Gasteiger partial charge in [0.15, 0.2) is 5.82 Å². The van der Waals surface area contributed by atoms with Crippen LogP contribution in [0.2, 0.25) is 0 Å². The molecular weight excluding hydrogens is 290 g/mol. The van der Waals surface area contributed by atoms with E-state index in [0.717, 1.165) is 23.1 Å². The molecule has 1 aliphatic heterocycles. The molecule has 0 saturated carbocycles. The quantitative estimate of drug-likeness (QED) is 0.942. The molecule has 0 unspecified atom stereocenters. The highest BCUT2D eigenvalue weighted by Gasteiger charge is 2.19. The number of rotatable bonds is 4. The van der Waals surface area contributed by atoms with E-state index in [-0.39, 0.29) is 5.91 Å². The van der Waals surface area contributed by atoms with Crippen molar-refractivity contribution in [3.63, 3.8) is 0 Å². The second-order valence-electron chi connectivity index (χ2n) is 5.43. The summed E-state index contributed by atoms with van der Waals surface area (Å²) in [6.07, 6.45) is 3.48. The number of anilines is 1. The predicted octanol–water partition coefficient (Wildman–Crippen LogP) is 2.60. The van der Waals surface area contributed by atoms with Crippen LogP contribution in [0.15, 0.2) is 36.5 Å². The molecule has 1 aromatic carbocycles. The highest BCUT2D eigenvalue weighted by Crippen LogP contribution is 2.24. The van der Waals surface area contributed by atoms with Crippen LogP contribution in [0.3, 0.4) is 0 Å². The van der Waals surface area contributed by atoms with Crippen LogP contribution in [-0.2, 0) is 29.0 Å². The topological polar surface area (TPSA) is 75.0 Å². The number of ether oxygens (including phenoxy) is 1. The summed E-state index contributed by atoms with van der Waals surface area (Å²) >= 11 is 0. The fourth-order valence-corrected chi connectivity index (χ4v) is 2.64. The Labute approximate surface area is 134 Å². The number of aromatic nitrogens is 1. The SMILES string of the molecule is N#Cc1c(NC(=O)CCc2ccccc2)ncc2c1COCC2. The van der Waals surface area contributed by atoms with Gasteiger partial charge in [-0.25, -0.2) is 4.98 Å². The Morgan fingerprint density at radius 2 is 2.17 bits per heavy atom. The third-order valence-corrected chi connectivity index (χ3v) is 3.89. The smallest absolute Gasteiger partial charge is 0.225 e. The Balaban J connectivity index is 1.70. The first-order chi connectivity index (χ1) is 11.3. The molecule has 5 nitrogen and oxygen atoms in total. The van der Waals surface area contributed by atoms with Crippen LogP contribution in [-0.4, -0.2) is 17.5 Å². The Morgan fingerprint density at radius 1 is 1.35 bits per heavy atom. The van der Waals surface area contributed by atoms with E-state index in [9.17, 15) is 10.1 Å². The maximum atomic E-state index is 12.1. The van der Waals surface area contributed by atoms with Crippen molar-refractivity contribution in [2.45, 2.75) is 25.9 Å². The van der Waals surface area contributed by atoms with E-state index in [0.29, 0.717) is 37.4 Å². The van der Waals surface area contributed by atoms with Crippen LogP contribution in [0.25, 0.3) is 0 Å². The Morgan fingerprint density at radius 3 is 2.96 bits per heavy atom. The summed E-state index contributed by atoms with van der Waals surface area (Å²) in [6.45, 7) is 1.04. The molecule has 1 aromatic heterocycles. The van der Waals surface area contributed by atoms with Gasteiger partial charge in [0.2, 0.25) is 5.91 Å². The Bertz CT molecular complexity index is 751. The summed E-state index contributed by atoms with van der Waals surface area (Å²) in [5.74, 6) is 0.185. The first-order valence-electron chi connectivity index (χ1n) is 7.60. The molecule has 0 aliphatic carbocycles. The van der Waals surface area contributed by atoms with Crippen molar-refractivity contribution in [1.29, 1.82) is 5.26 Å². The number of nitrogens with one attached hydrogen (secondary N) is 1. The fourth-order valence-electron chi connectivity index (χ4n) is 2.64. The molecule has 1 N–H and O–H groups in total. The van der Waals surface area contributed by atoms with Gasteiger partial charge in [0.1, 0.15) is 11.6 Å². The van der Waals surface area contributed by atoms with Crippen molar-refractivity contribution in [3.8, 4) is 6.07 Å². The van der Waals surface area contributed by atoms with Gasteiger partial charge in [0, 0.05) is 18.2 Å². The molecule has 5 heteroatoms. The summed E-state index contributed by atoms with van der Waals surface area (Å²) in [4.78, 5) is 16.4. The molecule has 1 amide bonds. The molecule has 2 aromatic rings. The molecular formula is C18H17N3O2. The van der Waals surface area contributed by atoms with Crippen LogP contribution < -0.4 is 5.32 Å². The van der Waals surface area contributed by atoms with Crippen LogP contribution in [0, 0.1) is 11.3 Å². The van der Waals surface area contributed by atoms with Crippen molar-refractivity contribution in [2.24, 2.45) is 0 Å². The van der Waals surface area contributed by atoms with Gasteiger partial charge in [-0.2, -0.15) is 5.26 Å². The monoisotopic (exact) mass is 307 g/mol. The lowest BCUT2D eigenvalue weighted by Crippen LogP contribution is -2.18. The minimum atomic E-state index is -0.144. The second kappa shape index (κ2) is 7.03. The zero-order chi connectivity index (χ0) is 16.1. The van der Waals surface area contributed by atoms with Crippen LogP contribution in [0.5, 0.6) is 0 Å². The lowest BCUT2D eigenvalue weighted by atomic mass is 10.0. The number of pyridine rings is 1. The van der Waals surface area contributed by atoms with E-state index < -0.39 is 0 Å². The van der Waals surface area contributed by atoms with Crippen LogP contribution in [0.4, 0.5) is 5.82 Å². The van der Waals surface area contributed by atoms with Crippen molar-refractivity contribution in [3.05, 3.63) is 58.8 Å². The number of carbonyl (C=O) groups is 1. The molecule has 0 spiro atoms. The van der Waals surface area contributed by atoms with E-state index in [2.05, 4.69) is 16.4 Å². The highest BCUT2D eigenvalue weighted by atomic mass is 16.5.